The molecule has 2 aliphatic rings. The largest absolute Gasteiger partial charge is 0.444 e. The van der Waals surface area contributed by atoms with Crippen molar-refractivity contribution in [1.29, 1.82) is 0 Å². The maximum absolute atomic E-state index is 12.7. The molecule has 7 nitrogen and oxygen atoms in total. The van der Waals surface area contributed by atoms with Gasteiger partial charge >= 0.3 is 6.09 Å². The molecule has 2 saturated heterocycles. The summed E-state index contributed by atoms with van der Waals surface area (Å²) in [6.45, 7) is 9.62. The maximum Gasteiger partial charge on any atom is 0.410 e. The van der Waals surface area contributed by atoms with Gasteiger partial charge in [0.2, 0.25) is 11.8 Å². The molecule has 2 aliphatic heterocycles. The fourth-order valence-corrected chi connectivity index (χ4v) is 3.91. The monoisotopic (exact) mass is 401 g/mol. The number of carbonyl (C=O) groups is 3. The minimum Gasteiger partial charge on any atom is -0.444 e. The Balaban J connectivity index is 1.79. The third-order valence-corrected chi connectivity index (χ3v) is 5.36. The number of ether oxygens (including phenoxy) is 1. The van der Waals surface area contributed by atoms with Crippen molar-refractivity contribution in [3.05, 3.63) is 35.9 Å². The molecule has 7 heteroatoms. The number of rotatable bonds is 4. The number of nitrogens with zero attached hydrogens (tertiary/aromatic N) is 3. The van der Waals surface area contributed by atoms with Crippen molar-refractivity contribution in [3.8, 4) is 0 Å². The average molecular weight is 402 g/mol. The number of hydrogen-bond donors (Lipinski definition) is 0. The Labute approximate surface area is 172 Å². The van der Waals surface area contributed by atoms with Gasteiger partial charge in [0.1, 0.15) is 5.60 Å². The Hall–Kier alpha value is -2.41. The zero-order chi connectivity index (χ0) is 21.2. The fourth-order valence-electron chi connectivity index (χ4n) is 3.91. The molecule has 2 heterocycles. The van der Waals surface area contributed by atoms with Crippen molar-refractivity contribution in [1.82, 2.24) is 14.7 Å². The molecule has 2 atom stereocenters. The summed E-state index contributed by atoms with van der Waals surface area (Å²) in [5.74, 6) is -0.255. The van der Waals surface area contributed by atoms with E-state index in [9.17, 15) is 14.4 Å². The second kappa shape index (κ2) is 8.53. The molecule has 2 fully saturated rings. The van der Waals surface area contributed by atoms with Crippen LogP contribution in [0.15, 0.2) is 30.3 Å². The van der Waals surface area contributed by atoms with Crippen LogP contribution in [0.4, 0.5) is 4.79 Å². The standard InChI is InChI=1S/C22H31N3O4/c1-16-12-23(13-17-8-6-5-7-9-17)18(15-25-19(26)10-11-20(25)27)14-24(16)21(28)29-22(2,3)4/h5-9,16,18H,10-15H2,1-4H3/t16-,18-/m1/s1. The van der Waals surface area contributed by atoms with E-state index in [2.05, 4.69) is 17.0 Å². The number of amides is 3. The highest BCUT2D eigenvalue weighted by atomic mass is 16.6. The van der Waals surface area contributed by atoms with E-state index in [0.717, 1.165) is 5.56 Å². The van der Waals surface area contributed by atoms with Crippen molar-refractivity contribution < 1.29 is 19.1 Å². The van der Waals surface area contributed by atoms with E-state index in [-0.39, 0.29) is 42.8 Å². The van der Waals surface area contributed by atoms with Gasteiger partial charge in [-0.05, 0) is 33.3 Å². The Morgan fingerprint density at radius 1 is 1.07 bits per heavy atom. The van der Waals surface area contributed by atoms with Gasteiger partial charge in [0.05, 0.1) is 0 Å². The number of hydrogen-bond acceptors (Lipinski definition) is 5. The molecule has 158 valence electrons. The van der Waals surface area contributed by atoms with Gasteiger partial charge in [-0.15, -0.1) is 0 Å². The predicted molar refractivity (Wildman–Crippen MR) is 109 cm³/mol. The molecule has 1 aromatic rings. The Morgan fingerprint density at radius 3 is 2.28 bits per heavy atom. The van der Waals surface area contributed by atoms with Crippen LogP contribution in [0.5, 0.6) is 0 Å². The van der Waals surface area contributed by atoms with Gasteiger partial charge < -0.3 is 9.64 Å². The highest BCUT2D eigenvalue weighted by molar-refractivity contribution is 6.01. The summed E-state index contributed by atoms with van der Waals surface area (Å²) in [7, 11) is 0. The molecule has 0 aromatic heterocycles. The van der Waals surface area contributed by atoms with Crippen molar-refractivity contribution in [2.75, 3.05) is 19.6 Å². The van der Waals surface area contributed by atoms with Gasteiger partial charge in [-0.3, -0.25) is 19.4 Å². The smallest absolute Gasteiger partial charge is 0.410 e. The van der Waals surface area contributed by atoms with Crippen LogP contribution >= 0.6 is 0 Å². The van der Waals surface area contributed by atoms with Crippen LogP contribution in [0.3, 0.4) is 0 Å². The van der Waals surface area contributed by atoms with Crippen molar-refractivity contribution in [2.24, 2.45) is 0 Å². The topological polar surface area (TPSA) is 70.2 Å². The molecule has 3 amide bonds. The summed E-state index contributed by atoms with van der Waals surface area (Å²) in [5, 5.41) is 0. The summed E-state index contributed by atoms with van der Waals surface area (Å²) in [5.41, 5.74) is 0.587. The molecule has 0 N–H and O–H groups in total. The molecule has 3 rings (SSSR count). The van der Waals surface area contributed by atoms with Gasteiger partial charge in [-0.2, -0.15) is 0 Å². The molecule has 0 aliphatic carbocycles. The zero-order valence-corrected chi connectivity index (χ0v) is 17.8. The van der Waals surface area contributed by atoms with Crippen LogP contribution < -0.4 is 0 Å². The highest BCUT2D eigenvalue weighted by Gasteiger charge is 2.39. The molecule has 1 aromatic carbocycles. The minimum absolute atomic E-state index is 0.0326. The van der Waals surface area contributed by atoms with Crippen LogP contribution in [0.2, 0.25) is 0 Å². The number of likely N-dealkylation sites (tertiary alicyclic amines) is 1. The second-order valence-corrected chi connectivity index (χ2v) is 8.95. The predicted octanol–water partition coefficient (Wildman–Crippen LogP) is 2.65. The fraction of sp³-hybridized carbons (Fsp3) is 0.591. The van der Waals surface area contributed by atoms with E-state index >= 15 is 0 Å². The zero-order valence-electron chi connectivity index (χ0n) is 17.8. The number of benzene rings is 1. The molecule has 0 spiro atoms. The van der Waals surface area contributed by atoms with Crippen LogP contribution in [-0.2, 0) is 20.9 Å². The molecule has 0 bridgehead atoms. The quantitative estimate of drug-likeness (QED) is 0.726. The van der Waals surface area contributed by atoms with E-state index in [1.165, 1.54) is 4.90 Å². The third-order valence-electron chi connectivity index (χ3n) is 5.36. The lowest BCUT2D eigenvalue weighted by molar-refractivity contribution is -0.139. The van der Waals surface area contributed by atoms with Crippen molar-refractivity contribution >= 4 is 17.9 Å². The molecular weight excluding hydrogens is 370 g/mol. The van der Waals surface area contributed by atoms with Crippen molar-refractivity contribution in [3.63, 3.8) is 0 Å². The van der Waals surface area contributed by atoms with E-state index in [4.69, 9.17) is 4.74 Å². The first-order valence-electron chi connectivity index (χ1n) is 10.2. The summed E-state index contributed by atoms with van der Waals surface area (Å²) in [6, 6.07) is 9.93. The van der Waals surface area contributed by atoms with Gasteiger partial charge in [-0.25, -0.2) is 4.79 Å². The highest BCUT2D eigenvalue weighted by Crippen LogP contribution is 2.23. The molecule has 0 unspecified atom stereocenters. The number of imide groups is 1. The SMILES string of the molecule is C[C@@H]1CN(Cc2ccccc2)[C@@H](CN2C(=O)CCC2=O)CN1C(=O)OC(C)(C)C. The summed E-state index contributed by atoms with van der Waals surface area (Å²) in [6.07, 6.45) is 0.195. The number of carbonyl (C=O) groups excluding carboxylic acids is 3. The Kier molecular flexibility index (Phi) is 6.27. The summed E-state index contributed by atoms with van der Waals surface area (Å²) in [4.78, 5) is 42.4. The average Bonchev–Trinajstić information content (AvgIpc) is 2.95. The van der Waals surface area contributed by atoms with E-state index in [0.29, 0.717) is 26.2 Å². The second-order valence-electron chi connectivity index (χ2n) is 8.95. The first-order chi connectivity index (χ1) is 13.6. The van der Waals surface area contributed by atoms with Gasteiger partial charge in [0.25, 0.3) is 0 Å². The third kappa shape index (κ3) is 5.35. The van der Waals surface area contributed by atoms with Crippen LogP contribution in [0.25, 0.3) is 0 Å². The van der Waals surface area contributed by atoms with Gasteiger partial charge in [0.15, 0.2) is 0 Å². The van der Waals surface area contributed by atoms with E-state index < -0.39 is 5.60 Å². The van der Waals surface area contributed by atoms with Crippen LogP contribution in [0.1, 0.15) is 46.1 Å². The van der Waals surface area contributed by atoms with Crippen molar-refractivity contribution in [2.45, 2.75) is 64.8 Å². The summed E-state index contributed by atoms with van der Waals surface area (Å²) < 4.78 is 5.58. The minimum atomic E-state index is -0.575. The summed E-state index contributed by atoms with van der Waals surface area (Å²) >= 11 is 0. The molecular formula is C22H31N3O4. The van der Waals surface area contributed by atoms with E-state index in [1.807, 2.05) is 45.9 Å². The molecule has 29 heavy (non-hydrogen) atoms. The lowest BCUT2D eigenvalue weighted by Gasteiger charge is -2.46. The Morgan fingerprint density at radius 2 is 1.69 bits per heavy atom. The van der Waals surface area contributed by atoms with Gasteiger partial charge in [-0.1, -0.05) is 30.3 Å². The van der Waals surface area contributed by atoms with Crippen LogP contribution in [-0.4, -0.2) is 69.9 Å². The number of piperazine rings is 1. The molecule has 0 saturated carbocycles. The lowest BCUT2D eigenvalue weighted by Crippen LogP contribution is -2.62. The first-order valence-corrected chi connectivity index (χ1v) is 10.2. The lowest BCUT2D eigenvalue weighted by atomic mass is 10.1. The van der Waals surface area contributed by atoms with Gasteiger partial charge in [0, 0.05) is 51.1 Å². The van der Waals surface area contributed by atoms with E-state index in [1.54, 1.807) is 4.90 Å². The first kappa shape index (κ1) is 21.3. The Bertz CT molecular complexity index is 743. The maximum atomic E-state index is 12.7. The normalized spacial score (nSPS) is 23.6. The molecule has 0 radical (unpaired) electrons. The van der Waals surface area contributed by atoms with Crippen LogP contribution in [0, 0.1) is 0 Å².